The van der Waals surface area contributed by atoms with Gasteiger partial charge in [0, 0.05) is 19.5 Å². The van der Waals surface area contributed by atoms with Gasteiger partial charge in [0.25, 0.3) is 0 Å². The second kappa shape index (κ2) is 13.6. The van der Waals surface area contributed by atoms with Crippen LogP contribution in [-0.2, 0) is 24.2 Å². The number of benzene rings is 3. The smallest absolute Gasteiger partial charge is 0.224 e. The standard InChI is InChI=1S/C32H39N3O2/c1-25-14-13-19-30(26(25)2)37-23-12-11-22-35-29-18-9-8-17-28(29)34-31(35)20-7-4-10-21-33-32(36)24-27-15-5-3-6-16-27/h3,5-6,8-9,13-19H,4,7,10-12,20-24H2,1-2H3,(H,33,36). The van der Waals surface area contributed by atoms with Crippen LogP contribution >= 0.6 is 0 Å². The van der Waals surface area contributed by atoms with Gasteiger partial charge in [0.1, 0.15) is 11.6 Å². The molecule has 0 unspecified atom stereocenters. The van der Waals surface area contributed by atoms with Gasteiger partial charge in [0.2, 0.25) is 5.91 Å². The molecule has 0 bridgehead atoms. The predicted octanol–water partition coefficient (Wildman–Crippen LogP) is 6.58. The first-order valence-corrected chi connectivity index (χ1v) is 13.6. The highest BCUT2D eigenvalue weighted by atomic mass is 16.5. The third kappa shape index (κ3) is 7.69. The highest BCUT2D eigenvalue weighted by molar-refractivity contribution is 5.78. The Hall–Kier alpha value is -3.60. The molecule has 37 heavy (non-hydrogen) atoms. The van der Waals surface area contributed by atoms with Gasteiger partial charge >= 0.3 is 0 Å². The minimum atomic E-state index is 0.0922. The molecule has 3 aromatic carbocycles. The van der Waals surface area contributed by atoms with Gasteiger partial charge in [-0.2, -0.15) is 0 Å². The van der Waals surface area contributed by atoms with Crippen molar-refractivity contribution in [1.82, 2.24) is 14.9 Å². The van der Waals surface area contributed by atoms with Gasteiger partial charge in [-0.15, -0.1) is 0 Å². The van der Waals surface area contributed by atoms with Crippen molar-refractivity contribution in [2.75, 3.05) is 13.2 Å². The fourth-order valence-corrected chi connectivity index (χ4v) is 4.66. The van der Waals surface area contributed by atoms with E-state index in [1.54, 1.807) is 0 Å². The monoisotopic (exact) mass is 497 g/mol. The number of carbonyl (C=O) groups excluding carboxylic acids is 1. The number of hydrogen-bond acceptors (Lipinski definition) is 3. The number of rotatable bonds is 14. The van der Waals surface area contributed by atoms with Crippen molar-refractivity contribution >= 4 is 16.9 Å². The number of carbonyl (C=O) groups is 1. The highest BCUT2D eigenvalue weighted by Gasteiger charge is 2.10. The zero-order valence-electron chi connectivity index (χ0n) is 22.2. The van der Waals surface area contributed by atoms with E-state index in [9.17, 15) is 4.79 Å². The maximum Gasteiger partial charge on any atom is 0.224 e. The molecule has 0 saturated heterocycles. The van der Waals surface area contributed by atoms with Crippen LogP contribution in [0.15, 0.2) is 72.8 Å². The molecule has 0 spiro atoms. The number of aryl methyl sites for hydroxylation is 3. The lowest BCUT2D eigenvalue weighted by atomic mass is 10.1. The lowest BCUT2D eigenvalue weighted by Crippen LogP contribution is -2.26. The number of ether oxygens (including phenoxy) is 1. The molecule has 0 radical (unpaired) electrons. The molecule has 1 heterocycles. The van der Waals surface area contributed by atoms with Crippen molar-refractivity contribution in [2.45, 2.75) is 65.3 Å². The summed E-state index contributed by atoms with van der Waals surface area (Å²) in [5.41, 5.74) is 5.82. The zero-order valence-corrected chi connectivity index (χ0v) is 22.2. The molecule has 1 N–H and O–H groups in total. The van der Waals surface area contributed by atoms with Crippen LogP contribution in [0.3, 0.4) is 0 Å². The van der Waals surface area contributed by atoms with Gasteiger partial charge in [0.15, 0.2) is 0 Å². The van der Waals surface area contributed by atoms with Crippen LogP contribution in [-0.4, -0.2) is 28.6 Å². The van der Waals surface area contributed by atoms with Gasteiger partial charge in [-0.05, 0) is 74.4 Å². The van der Waals surface area contributed by atoms with Crippen LogP contribution in [0.1, 0.15) is 54.6 Å². The third-order valence-corrected chi connectivity index (χ3v) is 6.93. The first-order valence-electron chi connectivity index (χ1n) is 13.6. The van der Waals surface area contributed by atoms with Crippen molar-refractivity contribution < 1.29 is 9.53 Å². The van der Waals surface area contributed by atoms with Crippen LogP contribution in [0.25, 0.3) is 11.0 Å². The Morgan fingerprint density at radius 2 is 1.68 bits per heavy atom. The molecule has 194 valence electrons. The number of hydrogen-bond donors (Lipinski definition) is 1. The Labute approximate surface area is 220 Å². The molecular weight excluding hydrogens is 458 g/mol. The quantitative estimate of drug-likeness (QED) is 0.200. The molecule has 0 aliphatic rings. The van der Waals surface area contributed by atoms with E-state index < -0.39 is 0 Å². The van der Waals surface area contributed by atoms with Gasteiger partial charge in [-0.1, -0.05) is 61.0 Å². The third-order valence-electron chi connectivity index (χ3n) is 6.93. The van der Waals surface area contributed by atoms with Gasteiger partial charge < -0.3 is 14.6 Å². The zero-order chi connectivity index (χ0) is 25.9. The number of para-hydroxylation sites is 2. The normalized spacial score (nSPS) is 11.1. The molecule has 1 amide bonds. The molecule has 0 aliphatic heterocycles. The van der Waals surface area contributed by atoms with Crippen molar-refractivity contribution in [3.05, 3.63) is 95.3 Å². The number of imidazole rings is 1. The molecule has 0 aliphatic carbocycles. The molecular formula is C32H39N3O2. The van der Waals surface area contributed by atoms with Crippen LogP contribution in [0, 0.1) is 13.8 Å². The fourth-order valence-electron chi connectivity index (χ4n) is 4.66. The maximum atomic E-state index is 12.1. The molecule has 5 nitrogen and oxygen atoms in total. The number of fused-ring (bicyclic) bond motifs is 1. The molecule has 0 saturated carbocycles. The van der Waals surface area contributed by atoms with E-state index in [2.05, 4.69) is 66.2 Å². The molecule has 1 aromatic heterocycles. The van der Waals surface area contributed by atoms with E-state index in [-0.39, 0.29) is 5.91 Å². The second-order valence-electron chi connectivity index (χ2n) is 9.74. The second-order valence-corrected chi connectivity index (χ2v) is 9.74. The van der Waals surface area contributed by atoms with E-state index in [0.29, 0.717) is 6.42 Å². The summed E-state index contributed by atoms with van der Waals surface area (Å²) in [6, 6.07) is 24.5. The molecule has 4 aromatic rings. The van der Waals surface area contributed by atoms with E-state index in [1.165, 1.54) is 16.6 Å². The van der Waals surface area contributed by atoms with Gasteiger partial charge in [-0.25, -0.2) is 4.98 Å². The maximum absolute atomic E-state index is 12.1. The molecule has 4 rings (SSSR count). The summed E-state index contributed by atoms with van der Waals surface area (Å²) in [5, 5.41) is 3.05. The van der Waals surface area contributed by atoms with E-state index in [0.717, 1.165) is 80.9 Å². The minimum absolute atomic E-state index is 0.0922. The fraction of sp³-hybridized carbons (Fsp3) is 0.375. The van der Waals surface area contributed by atoms with Crippen LogP contribution < -0.4 is 10.1 Å². The highest BCUT2D eigenvalue weighted by Crippen LogP contribution is 2.22. The topological polar surface area (TPSA) is 56.1 Å². The van der Waals surface area contributed by atoms with Crippen molar-refractivity contribution in [1.29, 1.82) is 0 Å². The first-order chi connectivity index (χ1) is 18.1. The van der Waals surface area contributed by atoms with Crippen molar-refractivity contribution in [2.24, 2.45) is 0 Å². The SMILES string of the molecule is Cc1cccc(OCCCCn2c(CCCCCNC(=O)Cc3ccccc3)nc3ccccc32)c1C. The van der Waals surface area contributed by atoms with Gasteiger partial charge in [-0.3, -0.25) is 4.79 Å². The number of aromatic nitrogens is 2. The van der Waals surface area contributed by atoms with Crippen LogP contribution in [0.4, 0.5) is 0 Å². The van der Waals surface area contributed by atoms with Crippen LogP contribution in [0.2, 0.25) is 0 Å². The average Bonchev–Trinajstić information content (AvgIpc) is 3.26. The predicted molar refractivity (Wildman–Crippen MR) is 151 cm³/mol. The minimum Gasteiger partial charge on any atom is -0.493 e. The summed E-state index contributed by atoms with van der Waals surface area (Å²) in [5.74, 6) is 2.24. The first kappa shape index (κ1) is 26.5. The van der Waals surface area contributed by atoms with E-state index >= 15 is 0 Å². The van der Waals surface area contributed by atoms with E-state index in [1.807, 2.05) is 30.3 Å². The Morgan fingerprint density at radius 1 is 0.865 bits per heavy atom. The van der Waals surface area contributed by atoms with Crippen molar-refractivity contribution in [3.63, 3.8) is 0 Å². The summed E-state index contributed by atoms with van der Waals surface area (Å²) in [6.07, 6.45) is 6.56. The number of nitrogens with zero attached hydrogens (tertiary/aromatic N) is 2. The lowest BCUT2D eigenvalue weighted by molar-refractivity contribution is -0.120. The Bertz CT molecular complexity index is 1280. The summed E-state index contributed by atoms with van der Waals surface area (Å²) in [7, 11) is 0. The summed E-state index contributed by atoms with van der Waals surface area (Å²) >= 11 is 0. The Morgan fingerprint density at radius 3 is 2.54 bits per heavy atom. The van der Waals surface area contributed by atoms with Gasteiger partial charge in [0.05, 0.1) is 24.1 Å². The largest absolute Gasteiger partial charge is 0.493 e. The lowest BCUT2D eigenvalue weighted by Gasteiger charge is -2.12. The van der Waals surface area contributed by atoms with Crippen molar-refractivity contribution in [3.8, 4) is 5.75 Å². The number of unbranched alkanes of at least 4 members (excludes halogenated alkanes) is 3. The van der Waals surface area contributed by atoms with Crippen LogP contribution in [0.5, 0.6) is 5.75 Å². The average molecular weight is 498 g/mol. The number of amides is 1. The molecule has 0 fully saturated rings. The summed E-state index contributed by atoms with van der Waals surface area (Å²) < 4.78 is 8.44. The van der Waals surface area contributed by atoms with E-state index in [4.69, 9.17) is 9.72 Å². The Balaban J connectivity index is 1.20. The molecule has 5 heteroatoms. The molecule has 0 atom stereocenters. The summed E-state index contributed by atoms with van der Waals surface area (Å²) in [4.78, 5) is 17.1. The number of nitrogens with one attached hydrogen (secondary N) is 1. The Kier molecular flexibility index (Phi) is 9.75. The summed E-state index contributed by atoms with van der Waals surface area (Å²) in [6.45, 7) is 6.63.